The fourth-order valence-electron chi connectivity index (χ4n) is 2.32. The summed E-state index contributed by atoms with van der Waals surface area (Å²) in [6, 6.07) is 21.3. The van der Waals surface area contributed by atoms with Gasteiger partial charge < -0.3 is 133 Å². The minimum atomic E-state index is -2.19. The van der Waals surface area contributed by atoms with Gasteiger partial charge in [0, 0.05) is 50.4 Å². The number of ether oxygens (including phenoxy) is 2. The zero-order valence-corrected chi connectivity index (χ0v) is 36.4. The molecule has 0 saturated carbocycles. The van der Waals surface area contributed by atoms with E-state index in [1.165, 1.54) is 11.1 Å². The molecule has 16 N–H and O–H groups in total. The van der Waals surface area contributed by atoms with Crippen molar-refractivity contribution in [3.63, 3.8) is 0 Å². The molecule has 66 heavy (non-hydrogen) atoms. The molecule has 4 rings (SSSR count). The van der Waals surface area contributed by atoms with Gasteiger partial charge in [-0.05, 0) is 59.7 Å². The largest absolute Gasteiger partial charge is 3.00 e. The molecule has 0 spiro atoms. The molecule has 30 heteroatoms. The molecule has 0 amide bonds. The van der Waals surface area contributed by atoms with Gasteiger partial charge >= 0.3 is 33.6 Å². The molecule has 370 valence electrons. The first kappa shape index (κ1) is 78.9. The molecule has 2 aromatic carbocycles. The molecule has 2 aromatic heterocycles. The van der Waals surface area contributed by atoms with Gasteiger partial charge in [0.1, 0.15) is 23.0 Å². The smallest absolute Gasteiger partial charge is 0.543 e. The maximum Gasteiger partial charge on any atom is 3.00 e. The van der Waals surface area contributed by atoms with Crippen molar-refractivity contribution >= 4 is 47.8 Å². The van der Waals surface area contributed by atoms with Crippen molar-refractivity contribution in [2.45, 2.75) is 0 Å². The summed E-state index contributed by atoms with van der Waals surface area (Å²) in [4.78, 5) is 77.4. The molecule has 0 aliphatic rings. The van der Waals surface area contributed by atoms with E-state index in [9.17, 15) is 0 Å². The van der Waals surface area contributed by atoms with Crippen LogP contribution in [0.25, 0.3) is 11.1 Å². The first-order chi connectivity index (χ1) is 29.0. The van der Waals surface area contributed by atoms with Crippen molar-refractivity contribution in [2.24, 2.45) is 22.9 Å². The Morgan fingerprint density at radius 1 is 0.409 bits per heavy atom. The van der Waals surface area contributed by atoms with Crippen LogP contribution in [0.5, 0.6) is 23.0 Å². The number of phenolic OH excluding ortho intramolecular Hbond substituents is 2. The number of aromatic nitrogens is 2. The van der Waals surface area contributed by atoms with Crippen LogP contribution in [0.15, 0.2) is 97.6 Å². The van der Waals surface area contributed by atoms with Crippen molar-refractivity contribution in [3.05, 3.63) is 97.6 Å². The Morgan fingerprint density at radius 3 is 0.697 bits per heavy atom. The van der Waals surface area contributed by atoms with Gasteiger partial charge in [0.2, 0.25) is 0 Å². The van der Waals surface area contributed by atoms with E-state index in [4.69, 9.17) is 122 Å². The first-order valence-corrected chi connectivity index (χ1v) is 16.1. The number of nitrogens with one attached hydrogen (secondary N) is 2. The Balaban J connectivity index is -0.0000000803. The van der Waals surface area contributed by atoms with Gasteiger partial charge in [0.25, 0.3) is 0 Å². The SMILES string of the molecule is COc1ccc(O)cc1.COc1ccc(O)cc1.NCCN.NCCN.O.O.O=C([O-])C(=O)[O-].O=C([O-])C(=O)[O-].O=C([O-])C(=O)[O-].O=C([O-])C(=O)[O-].[Co+3].[Co+3].c1cc(-c2cc[nH+]cc2)cc[nH+]1. The number of phenols is 2. The van der Waals surface area contributed by atoms with Gasteiger partial charge in [-0.1, -0.05) is 0 Å². The quantitative estimate of drug-likeness (QED) is 0.101. The normalized spacial score (nSPS) is 7.79. The second kappa shape index (κ2) is 53.6. The molecule has 0 saturated heterocycles. The van der Waals surface area contributed by atoms with E-state index in [0.717, 1.165) is 11.5 Å². The van der Waals surface area contributed by atoms with Crippen LogP contribution in [0.3, 0.4) is 0 Å². The van der Waals surface area contributed by atoms with Gasteiger partial charge in [-0.15, -0.1) is 0 Å². The fraction of sp³-hybridized carbons (Fsp3) is 0.167. The predicted octanol–water partition coefficient (Wildman–Crippen LogP) is -14.1. The molecule has 2 heterocycles. The predicted molar refractivity (Wildman–Crippen MR) is 198 cm³/mol. The van der Waals surface area contributed by atoms with Crippen LogP contribution in [0, 0.1) is 0 Å². The summed E-state index contributed by atoms with van der Waals surface area (Å²) in [7, 11) is 3.18. The van der Waals surface area contributed by atoms with Crippen LogP contribution in [0.4, 0.5) is 0 Å². The van der Waals surface area contributed by atoms with Crippen molar-refractivity contribution in [2.75, 3.05) is 40.4 Å². The van der Waals surface area contributed by atoms with Crippen molar-refractivity contribution in [1.82, 2.24) is 0 Å². The number of aliphatic carboxylic acids is 8. The standard InChI is InChI=1S/C10H8N2.2C7H8O2.2C2H8N2.4C2H2O4.2Co.2H2O/c1-5-11-6-2-9(1)10-3-7-12-8-4-10;2*1-9-7-4-2-6(8)3-5-7;2*3-1-2-4;4*3-1(4)2(5)6;;;;/h1-8H;2*2-5,8H,1H3;2*1-4H2;4*(H,3,4)(H,5,6);;;2*1H2/q;;;;;;;;;2*+3;;/p-6. The van der Waals surface area contributed by atoms with Crippen LogP contribution >= 0.6 is 0 Å². The third-order valence-corrected chi connectivity index (χ3v) is 4.91. The number of aromatic hydroxyl groups is 2. The second-order valence-corrected chi connectivity index (χ2v) is 9.43. The Bertz CT molecular complexity index is 1620. The van der Waals surface area contributed by atoms with Gasteiger partial charge in [0.05, 0.1) is 62.0 Å². The average molecular weight is 1030 g/mol. The van der Waals surface area contributed by atoms with Crippen LogP contribution in [0.2, 0.25) is 0 Å². The number of carbonyl (C=O) groups excluding carboxylic acids is 8. The number of nitrogens with two attached hydrogens (primary N) is 4. The van der Waals surface area contributed by atoms with Crippen LogP contribution in [-0.4, -0.2) is 109 Å². The van der Waals surface area contributed by atoms with Crippen molar-refractivity contribution in [1.29, 1.82) is 0 Å². The molecule has 0 aliphatic heterocycles. The Labute approximate surface area is 395 Å². The van der Waals surface area contributed by atoms with Crippen LogP contribution < -0.4 is 83.2 Å². The summed E-state index contributed by atoms with van der Waals surface area (Å²) >= 11 is 0. The maximum absolute atomic E-state index is 8.93. The zero-order valence-electron chi connectivity index (χ0n) is 34.3. The van der Waals surface area contributed by atoms with Crippen molar-refractivity contribution < 1.29 is 153 Å². The van der Waals surface area contributed by atoms with Crippen LogP contribution in [0.1, 0.15) is 0 Å². The Kier molecular flexibility index (Phi) is 64.1. The number of pyridine rings is 2. The van der Waals surface area contributed by atoms with Crippen LogP contribution in [-0.2, 0) is 71.9 Å². The molecule has 0 atom stereocenters. The molecular formula is C36H46Co2N6O22. The third-order valence-electron chi connectivity index (χ3n) is 4.91. The molecule has 0 radical (unpaired) electrons. The fourth-order valence-corrected chi connectivity index (χ4v) is 2.32. The summed E-state index contributed by atoms with van der Waals surface area (Å²) in [6.07, 6.45) is 7.69. The van der Waals surface area contributed by atoms with E-state index in [1.807, 2.05) is 24.8 Å². The minimum absolute atomic E-state index is 0. The number of rotatable bonds is 5. The summed E-state index contributed by atoms with van der Waals surface area (Å²) < 4.78 is 9.72. The van der Waals surface area contributed by atoms with E-state index in [1.54, 1.807) is 62.8 Å². The summed E-state index contributed by atoms with van der Waals surface area (Å²) in [6.45, 7) is 2.39. The van der Waals surface area contributed by atoms with E-state index < -0.39 is 47.8 Å². The number of methoxy groups -OCH3 is 2. The second-order valence-electron chi connectivity index (χ2n) is 9.43. The molecule has 0 aliphatic carbocycles. The minimum Gasteiger partial charge on any atom is -0.543 e. The van der Waals surface area contributed by atoms with Gasteiger partial charge in [0.15, 0.2) is 24.8 Å². The summed E-state index contributed by atoms with van der Waals surface area (Å²) in [5, 5.41) is 89.0. The zero-order chi connectivity index (χ0) is 49.1. The Morgan fingerprint density at radius 2 is 0.576 bits per heavy atom. The number of aromatic amines is 2. The van der Waals surface area contributed by atoms with E-state index in [0.29, 0.717) is 26.2 Å². The number of hydrogen-bond donors (Lipinski definition) is 6. The molecule has 0 unspecified atom stereocenters. The molecule has 4 aromatic rings. The molecule has 0 fully saturated rings. The Hall–Kier alpha value is -7.53. The molecule has 28 nitrogen and oxygen atoms in total. The summed E-state index contributed by atoms with van der Waals surface area (Å²) in [5.41, 5.74) is 22.1. The number of carboxylic acids is 8. The monoisotopic (exact) mass is 1030 g/mol. The third kappa shape index (κ3) is 58.6. The number of H-pyrrole nitrogens is 2. The first-order valence-electron chi connectivity index (χ1n) is 16.1. The van der Waals surface area contributed by atoms with Crippen molar-refractivity contribution in [3.8, 4) is 34.1 Å². The topological polar surface area (TPSA) is 575 Å². The number of hydrogen-bond acceptors (Lipinski definition) is 24. The van der Waals surface area contributed by atoms with E-state index in [-0.39, 0.29) is 56.0 Å². The number of carbonyl (C=O) groups is 8. The van der Waals surface area contributed by atoms with Gasteiger partial charge in [-0.2, -0.15) is 0 Å². The molecule has 0 bridgehead atoms. The number of benzene rings is 2. The van der Waals surface area contributed by atoms with Gasteiger partial charge in [-0.25, -0.2) is 9.97 Å². The molecular weight excluding hydrogens is 986 g/mol. The average Bonchev–Trinajstić information content (AvgIpc) is 3.26. The van der Waals surface area contributed by atoms with E-state index >= 15 is 0 Å². The maximum atomic E-state index is 8.93. The number of carboxylic acid groups (broad SMARTS) is 8. The summed E-state index contributed by atoms with van der Waals surface area (Å²) in [5.74, 6) is -15.4. The van der Waals surface area contributed by atoms with Gasteiger partial charge in [-0.3, -0.25) is 0 Å². The van der Waals surface area contributed by atoms with E-state index in [2.05, 4.69) is 34.2 Å².